The van der Waals surface area contributed by atoms with Crippen molar-refractivity contribution in [1.82, 2.24) is 5.32 Å². The van der Waals surface area contributed by atoms with Gasteiger partial charge in [0.2, 0.25) is 5.91 Å². The highest BCUT2D eigenvalue weighted by molar-refractivity contribution is 6.10. The molecule has 84 valence electrons. The smallest absolute Gasteiger partial charge is 0.273 e. The summed E-state index contributed by atoms with van der Waals surface area (Å²) in [5.41, 5.74) is 0. The monoisotopic (exact) mass is 213 g/mol. The first-order chi connectivity index (χ1) is 6.76. The third-order valence-corrected chi connectivity index (χ3v) is 2.61. The molecule has 1 aliphatic rings. The molecule has 5 nitrogen and oxygen atoms in total. The van der Waals surface area contributed by atoms with Crippen molar-refractivity contribution >= 4 is 17.8 Å². The minimum absolute atomic E-state index is 0.248. The van der Waals surface area contributed by atoms with Gasteiger partial charge in [0.15, 0.2) is 5.92 Å². The highest BCUT2D eigenvalue weighted by atomic mass is 16.2. The Bertz CT molecular complexity index is 321. The summed E-state index contributed by atoms with van der Waals surface area (Å²) < 4.78 is -0.400. The predicted octanol–water partition coefficient (Wildman–Crippen LogP) is 0.502. The molecule has 0 aromatic carbocycles. The van der Waals surface area contributed by atoms with Gasteiger partial charge in [-0.15, -0.1) is 0 Å². The van der Waals surface area contributed by atoms with Crippen molar-refractivity contribution < 1.29 is 18.9 Å². The zero-order valence-corrected chi connectivity index (χ0v) is 9.53. The van der Waals surface area contributed by atoms with Crippen LogP contribution in [0.4, 0.5) is 4.79 Å². The van der Waals surface area contributed by atoms with Crippen LogP contribution >= 0.6 is 0 Å². The normalized spacial score (nSPS) is 25.7. The Balaban J connectivity index is 2.94. The zero-order valence-electron chi connectivity index (χ0n) is 9.53. The molecule has 1 rings (SSSR count). The molecule has 1 unspecified atom stereocenters. The average molecular weight is 213 g/mol. The number of quaternary nitrogens is 1. The molecule has 1 aliphatic heterocycles. The van der Waals surface area contributed by atoms with Gasteiger partial charge in [-0.25, -0.2) is 14.9 Å². The number of hydrogen-bond acceptors (Lipinski definition) is 3. The maximum atomic E-state index is 11.9. The molecule has 4 amide bonds. The Kier molecular flexibility index (Phi) is 2.95. The van der Waals surface area contributed by atoms with Gasteiger partial charge >= 0.3 is 11.9 Å². The fraction of sp³-hybridized carbons (Fsp3) is 0.700. The lowest BCUT2D eigenvalue weighted by atomic mass is 9.93. The van der Waals surface area contributed by atoms with E-state index in [1.165, 1.54) is 14.1 Å². The molecular formula is C10H17N2O3+. The number of barbiturate groups is 1. The van der Waals surface area contributed by atoms with Crippen molar-refractivity contribution in [2.24, 2.45) is 11.8 Å². The van der Waals surface area contributed by atoms with Gasteiger partial charge in [-0.05, 0) is 12.3 Å². The number of carbonyl (C=O) groups excluding carboxylic acids is 3. The highest BCUT2D eigenvalue weighted by Crippen LogP contribution is 2.21. The number of hydrogen-bond donors (Lipinski definition) is 1. The summed E-state index contributed by atoms with van der Waals surface area (Å²) in [4.78, 5) is 34.8. The number of urea groups is 1. The van der Waals surface area contributed by atoms with Crippen molar-refractivity contribution in [3.63, 3.8) is 0 Å². The SMILES string of the molecule is CC(C)CC1C(=O)NC(=O)[N+](C)(C)C1=O. The van der Waals surface area contributed by atoms with E-state index in [9.17, 15) is 14.4 Å². The second-order valence-electron chi connectivity index (χ2n) is 4.77. The van der Waals surface area contributed by atoms with Crippen LogP contribution in [0.25, 0.3) is 0 Å². The third-order valence-electron chi connectivity index (χ3n) is 2.61. The number of imide groups is 2. The Morgan fingerprint density at radius 2 is 1.80 bits per heavy atom. The van der Waals surface area contributed by atoms with E-state index < -0.39 is 22.3 Å². The van der Waals surface area contributed by atoms with E-state index in [0.29, 0.717) is 6.42 Å². The molecule has 15 heavy (non-hydrogen) atoms. The van der Waals surface area contributed by atoms with Crippen LogP contribution in [0.3, 0.4) is 0 Å². The number of amides is 4. The van der Waals surface area contributed by atoms with E-state index in [2.05, 4.69) is 5.32 Å². The summed E-state index contributed by atoms with van der Waals surface area (Å²) >= 11 is 0. The predicted molar refractivity (Wildman–Crippen MR) is 53.6 cm³/mol. The van der Waals surface area contributed by atoms with Crippen molar-refractivity contribution in [2.75, 3.05) is 14.1 Å². The van der Waals surface area contributed by atoms with Gasteiger partial charge in [0.05, 0.1) is 14.1 Å². The van der Waals surface area contributed by atoms with E-state index in [1.807, 2.05) is 13.8 Å². The van der Waals surface area contributed by atoms with E-state index in [1.54, 1.807) is 0 Å². The van der Waals surface area contributed by atoms with Crippen molar-refractivity contribution in [1.29, 1.82) is 0 Å². The molecule has 1 saturated heterocycles. The minimum atomic E-state index is -0.697. The summed E-state index contributed by atoms with van der Waals surface area (Å²) in [6.07, 6.45) is 0.486. The topological polar surface area (TPSA) is 63.2 Å². The van der Waals surface area contributed by atoms with Crippen LogP contribution < -0.4 is 5.32 Å². The number of nitrogens with zero attached hydrogens (tertiary/aromatic N) is 1. The van der Waals surface area contributed by atoms with Crippen molar-refractivity contribution in [3.05, 3.63) is 0 Å². The van der Waals surface area contributed by atoms with Gasteiger partial charge in [-0.3, -0.25) is 4.79 Å². The van der Waals surface area contributed by atoms with Gasteiger partial charge in [-0.2, -0.15) is 4.48 Å². The Morgan fingerprint density at radius 3 is 2.27 bits per heavy atom. The lowest BCUT2D eigenvalue weighted by Gasteiger charge is -2.32. The first-order valence-corrected chi connectivity index (χ1v) is 5.00. The summed E-state index contributed by atoms with van der Waals surface area (Å²) in [7, 11) is 2.99. The maximum Gasteiger partial charge on any atom is 0.430 e. The summed E-state index contributed by atoms with van der Waals surface area (Å²) in [5.74, 6) is -1.23. The highest BCUT2D eigenvalue weighted by Gasteiger charge is 2.50. The molecule has 0 bridgehead atoms. The molecule has 0 aromatic heterocycles. The second-order valence-corrected chi connectivity index (χ2v) is 4.77. The van der Waals surface area contributed by atoms with E-state index in [4.69, 9.17) is 0 Å². The van der Waals surface area contributed by atoms with E-state index in [0.717, 1.165) is 0 Å². The first kappa shape index (κ1) is 11.8. The van der Waals surface area contributed by atoms with Gasteiger partial charge < -0.3 is 0 Å². The molecule has 0 radical (unpaired) electrons. The number of carbonyl (C=O) groups is 3. The van der Waals surface area contributed by atoms with E-state index in [-0.39, 0.29) is 11.8 Å². The standard InChI is InChI=1S/C10H16N2O3/c1-6(2)5-7-8(13)11-10(15)12(3,4)9(7)14/h6-7H,5H2,1-4H3/p+1. The molecule has 5 heteroatoms. The quantitative estimate of drug-likeness (QED) is 0.536. The first-order valence-electron chi connectivity index (χ1n) is 5.00. The van der Waals surface area contributed by atoms with Crippen LogP contribution in [0.2, 0.25) is 0 Å². The van der Waals surface area contributed by atoms with E-state index >= 15 is 0 Å². The van der Waals surface area contributed by atoms with Crippen molar-refractivity contribution in [2.45, 2.75) is 20.3 Å². The summed E-state index contributed by atoms with van der Waals surface area (Å²) in [5, 5.41) is 2.23. The number of nitrogens with one attached hydrogen (secondary N) is 1. The van der Waals surface area contributed by atoms with Crippen LogP contribution in [0, 0.1) is 11.8 Å². The molecule has 0 aliphatic carbocycles. The molecule has 1 fully saturated rings. The van der Waals surface area contributed by atoms with Gasteiger partial charge in [0.25, 0.3) is 0 Å². The van der Waals surface area contributed by atoms with Crippen LogP contribution in [-0.2, 0) is 9.59 Å². The Hall–Kier alpha value is -1.23. The largest absolute Gasteiger partial charge is 0.430 e. The van der Waals surface area contributed by atoms with Crippen LogP contribution in [0.5, 0.6) is 0 Å². The maximum absolute atomic E-state index is 11.9. The molecule has 1 N–H and O–H groups in total. The molecule has 1 atom stereocenters. The summed E-state index contributed by atoms with van der Waals surface area (Å²) in [6, 6.07) is -0.551. The van der Waals surface area contributed by atoms with Gasteiger partial charge in [0, 0.05) is 0 Å². The average Bonchev–Trinajstić information content (AvgIpc) is 2.10. The number of rotatable bonds is 2. The fourth-order valence-electron chi connectivity index (χ4n) is 1.61. The molecule has 0 saturated carbocycles. The van der Waals surface area contributed by atoms with Gasteiger partial charge in [-0.1, -0.05) is 13.8 Å². The third kappa shape index (κ3) is 2.07. The van der Waals surface area contributed by atoms with Crippen LogP contribution in [0.1, 0.15) is 20.3 Å². The molecular weight excluding hydrogens is 196 g/mol. The summed E-state index contributed by atoms with van der Waals surface area (Å²) in [6.45, 7) is 3.88. The second kappa shape index (κ2) is 3.73. The Morgan fingerprint density at radius 1 is 1.27 bits per heavy atom. The van der Waals surface area contributed by atoms with Crippen LogP contribution in [-0.4, -0.2) is 36.4 Å². The van der Waals surface area contributed by atoms with Crippen LogP contribution in [0.15, 0.2) is 0 Å². The van der Waals surface area contributed by atoms with Crippen molar-refractivity contribution in [3.8, 4) is 0 Å². The van der Waals surface area contributed by atoms with Gasteiger partial charge in [0.1, 0.15) is 0 Å². The molecule has 0 spiro atoms. The lowest BCUT2D eigenvalue weighted by Crippen LogP contribution is -2.65. The fourth-order valence-corrected chi connectivity index (χ4v) is 1.61. The minimum Gasteiger partial charge on any atom is -0.273 e. The molecule has 1 heterocycles. The molecule has 0 aromatic rings. The Labute approximate surface area is 89.0 Å². The lowest BCUT2D eigenvalue weighted by molar-refractivity contribution is -0.732. The zero-order chi connectivity index (χ0) is 11.8.